The van der Waals surface area contributed by atoms with Crippen LogP contribution in [0.5, 0.6) is 0 Å². The molecule has 0 aromatic rings. The van der Waals surface area contributed by atoms with Gasteiger partial charge in [0.1, 0.15) is 0 Å². The fourth-order valence-electron chi connectivity index (χ4n) is 1.60. The molecule has 1 nitrogen and oxygen atoms in total. The van der Waals surface area contributed by atoms with Gasteiger partial charge >= 0.3 is 0 Å². The monoisotopic (exact) mass is 183 g/mol. The van der Waals surface area contributed by atoms with Crippen LogP contribution in [0.4, 0.5) is 0 Å². The molecule has 0 radical (unpaired) electrons. The smallest absolute Gasteiger partial charge is 0.180 e. The van der Waals surface area contributed by atoms with Gasteiger partial charge in [-0.1, -0.05) is 0 Å². The van der Waals surface area contributed by atoms with Gasteiger partial charge in [-0.2, -0.15) is 0 Å². The summed E-state index contributed by atoms with van der Waals surface area (Å²) in [5.41, 5.74) is 2.16. The Hall–Kier alpha value is -1.76. The molecule has 0 aromatic heterocycles. The molecule has 14 heavy (non-hydrogen) atoms. The van der Waals surface area contributed by atoms with Gasteiger partial charge in [0.05, 0.1) is 17.1 Å². The van der Waals surface area contributed by atoms with Crippen LogP contribution in [0.1, 0.15) is 6.92 Å². The van der Waals surface area contributed by atoms with Crippen molar-refractivity contribution in [3.63, 3.8) is 0 Å². The lowest BCUT2D eigenvalue weighted by Gasteiger charge is -2.13. The number of hydrogen-bond donors (Lipinski definition) is 0. The molecule has 0 fully saturated rings. The van der Waals surface area contributed by atoms with Crippen molar-refractivity contribution < 1.29 is 4.79 Å². The van der Waals surface area contributed by atoms with Crippen molar-refractivity contribution in [2.24, 2.45) is 0 Å². The maximum atomic E-state index is 11.0. The summed E-state index contributed by atoms with van der Waals surface area (Å²) >= 11 is 0. The van der Waals surface area contributed by atoms with Crippen LogP contribution in [-0.2, 0) is 4.79 Å². The minimum absolute atomic E-state index is 0.0846. The van der Waals surface area contributed by atoms with E-state index in [1.54, 1.807) is 13.0 Å². The summed E-state index contributed by atoms with van der Waals surface area (Å²) in [6, 6.07) is 0. The van der Waals surface area contributed by atoms with E-state index >= 15 is 0 Å². The highest BCUT2D eigenvalue weighted by molar-refractivity contribution is 5.90. The highest BCUT2D eigenvalue weighted by Gasteiger charge is 2.23. The Balaban J connectivity index is 2.37. The van der Waals surface area contributed by atoms with Crippen LogP contribution in [-0.4, -0.2) is 5.78 Å². The van der Waals surface area contributed by atoms with Crippen LogP contribution in [0.25, 0.3) is 0 Å². The van der Waals surface area contributed by atoms with Crippen LogP contribution in [0.3, 0.4) is 0 Å². The first-order valence-electron chi connectivity index (χ1n) is 4.60. The first kappa shape index (κ1) is 8.82. The van der Waals surface area contributed by atoms with Crippen molar-refractivity contribution in [2.45, 2.75) is 6.92 Å². The summed E-state index contributed by atoms with van der Waals surface area (Å²) in [6.07, 6.45) is 15.7. The van der Waals surface area contributed by atoms with Gasteiger partial charge in [0.2, 0.25) is 0 Å². The largest absolute Gasteiger partial charge is 0.287 e. The Morgan fingerprint density at radius 2 is 2.14 bits per heavy atom. The zero-order valence-electron chi connectivity index (χ0n) is 8.03. The Labute approximate surface area is 83.8 Å². The molecule has 1 heteroatoms. The third kappa shape index (κ3) is 1.62. The molecule has 2 rings (SSSR count). The molecule has 2 aliphatic carbocycles. The summed E-state index contributed by atoms with van der Waals surface area (Å²) in [5.74, 6) is 1.21. The second kappa shape index (κ2) is 3.54. The highest BCUT2D eigenvalue weighted by Crippen LogP contribution is 2.32. The van der Waals surface area contributed by atoms with E-state index in [1.807, 2.05) is 42.5 Å². The van der Waals surface area contributed by atoms with Crippen LogP contribution in [0.15, 0.2) is 59.8 Å². The van der Waals surface area contributed by atoms with Gasteiger partial charge in [-0.3, -0.25) is 4.79 Å². The molecule has 0 N–H and O–H groups in total. The van der Waals surface area contributed by atoms with Crippen LogP contribution in [0.2, 0.25) is 0 Å². The van der Waals surface area contributed by atoms with Gasteiger partial charge in [0.25, 0.3) is 0 Å². The molecule has 68 valence electrons. The topological polar surface area (TPSA) is 17.1 Å². The van der Waals surface area contributed by atoms with Crippen molar-refractivity contribution in [2.75, 3.05) is 0 Å². The average molecular weight is 183 g/mol. The molecule has 0 unspecified atom stereocenters. The third-order valence-corrected chi connectivity index (χ3v) is 2.18. The van der Waals surface area contributed by atoms with Gasteiger partial charge in [0.15, 0.2) is 5.78 Å². The van der Waals surface area contributed by atoms with Crippen LogP contribution >= 0.6 is 0 Å². The standard InChI is InChI=1S/C13H11O/c1-10(14)9-12-7-4-6-11-5-2-3-8-13(11)12/h2-9H,1H3/q+1. The van der Waals surface area contributed by atoms with E-state index in [0.717, 1.165) is 11.5 Å². The number of carbonyl (C=O) groups is 1. The number of rotatable bonds is 1. The second-order valence-electron chi connectivity index (χ2n) is 3.32. The molecule has 0 aliphatic heterocycles. The SMILES string of the molecule is CC(=O)C=C1C=CC=C2C=CC=C[C+]21. The van der Waals surface area contributed by atoms with Gasteiger partial charge in [-0.25, -0.2) is 0 Å². The number of allylic oxidation sites excluding steroid dienone is 10. The summed E-state index contributed by atoms with van der Waals surface area (Å²) < 4.78 is 0. The van der Waals surface area contributed by atoms with E-state index in [2.05, 4.69) is 0 Å². The summed E-state index contributed by atoms with van der Waals surface area (Å²) in [4.78, 5) is 11.0. The lowest BCUT2D eigenvalue weighted by Crippen LogP contribution is -2.05. The second-order valence-corrected chi connectivity index (χ2v) is 3.32. The minimum atomic E-state index is 0.0846. The Morgan fingerprint density at radius 1 is 1.29 bits per heavy atom. The number of carbonyl (C=O) groups excluding carboxylic acids is 1. The first-order valence-corrected chi connectivity index (χ1v) is 4.60. The molecular weight excluding hydrogens is 172 g/mol. The van der Waals surface area contributed by atoms with Gasteiger partial charge < -0.3 is 0 Å². The summed E-state index contributed by atoms with van der Waals surface area (Å²) in [7, 11) is 0. The van der Waals surface area contributed by atoms with Crippen molar-refractivity contribution in [3.05, 3.63) is 65.7 Å². The molecule has 0 amide bonds. The molecule has 0 heterocycles. The van der Waals surface area contributed by atoms with Crippen molar-refractivity contribution in [1.29, 1.82) is 0 Å². The Bertz CT molecular complexity index is 403. The third-order valence-electron chi connectivity index (χ3n) is 2.18. The van der Waals surface area contributed by atoms with E-state index in [0.29, 0.717) is 0 Å². The summed E-state index contributed by atoms with van der Waals surface area (Å²) in [6.45, 7) is 1.57. The molecular formula is C13H11O+. The van der Waals surface area contributed by atoms with E-state index < -0.39 is 0 Å². The maximum Gasteiger partial charge on any atom is 0.180 e. The van der Waals surface area contributed by atoms with Gasteiger partial charge in [0, 0.05) is 37.3 Å². The molecule has 0 aromatic carbocycles. The van der Waals surface area contributed by atoms with Crippen molar-refractivity contribution in [3.8, 4) is 0 Å². The molecule has 0 atom stereocenters. The summed E-state index contributed by atoms with van der Waals surface area (Å²) in [5, 5.41) is 0. The fraction of sp³-hybridized carbons (Fsp3) is 0.0769. The average Bonchev–Trinajstić information content (AvgIpc) is 2.18. The van der Waals surface area contributed by atoms with Gasteiger partial charge in [-0.15, -0.1) is 0 Å². The minimum Gasteiger partial charge on any atom is -0.287 e. The molecule has 0 saturated carbocycles. The molecule has 0 saturated heterocycles. The predicted octanol–water partition coefficient (Wildman–Crippen LogP) is 2.70. The lowest BCUT2D eigenvalue weighted by atomic mass is 9.84. The number of ketones is 1. The van der Waals surface area contributed by atoms with E-state index in [4.69, 9.17) is 0 Å². The van der Waals surface area contributed by atoms with Crippen molar-refractivity contribution >= 4 is 5.78 Å². The Morgan fingerprint density at radius 3 is 2.93 bits per heavy atom. The fourth-order valence-corrected chi connectivity index (χ4v) is 1.60. The lowest BCUT2D eigenvalue weighted by molar-refractivity contribution is -0.112. The van der Waals surface area contributed by atoms with E-state index in [9.17, 15) is 4.79 Å². The molecule has 0 spiro atoms. The predicted molar refractivity (Wildman–Crippen MR) is 57.5 cm³/mol. The zero-order valence-corrected chi connectivity index (χ0v) is 8.03. The normalized spacial score (nSPS) is 21.1. The quantitative estimate of drug-likeness (QED) is 0.451. The maximum absolute atomic E-state index is 11.0. The van der Waals surface area contributed by atoms with E-state index in [-0.39, 0.29) is 5.78 Å². The molecule has 0 bridgehead atoms. The molecule has 2 aliphatic rings. The van der Waals surface area contributed by atoms with Gasteiger partial charge in [-0.05, 0) is 18.2 Å². The zero-order chi connectivity index (χ0) is 9.97. The van der Waals surface area contributed by atoms with Crippen LogP contribution < -0.4 is 0 Å². The highest BCUT2D eigenvalue weighted by atomic mass is 16.1. The number of hydrogen-bond acceptors (Lipinski definition) is 1. The Kier molecular flexibility index (Phi) is 2.23. The number of fused-ring (bicyclic) bond motifs is 1. The van der Waals surface area contributed by atoms with E-state index in [1.165, 1.54) is 5.57 Å². The first-order chi connectivity index (χ1) is 6.77. The van der Waals surface area contributed by atoms with Crippen molar-refractivity contribution in [1.82, 2.24) is 0 Å². The van der Waals surface area contributed by atoms with Crippen LogP contribution in [0, 0.1) is 5.92 Å².